The Kier molecular flexibility index (Phi) is 4.63. The van der Waals surface area contributed by atoms with E-state index in [2.05, 4.69) is 25.8 Å². The Hall–Kier alpha value is -1.58. The molecule has 0 radical (unpaired) electrons. The fourth-order valence-electron chi connectivity index (χ4n) is 3.09. The monoisotopic (exact) mass is 275 g/mol. The van der Waals surface area contributed by atoms with Gasteiger partial charge in [-0.2, -0.15) is 0 Å². The molecular formula is C16H25N3O. The second-order valence-corrected chi connectivity index (χ2v) is 5.86. The standard InChI is InChI=1S/C16H25N3O/c1-4-6-14-9-13(10-15(17)18-14)16(20)19-11(2)7-5-8-12(19)3/h9-12H,4-8H2,1-3H3,(H2,17,18). The van der Waals surface area contributed by atoms with Gasteiger partial charge in [-0.1, -0.05) is 13.3 Å². The number of likely N-dealkylation sites (tertiary alicyclic amines) is 1. The van der Waals surface area contributed by atoms with Crippen LogP contribution in [-0.2, 0) is 6.42 Å². The van der Waals surface area contributed by atoms with E-state index in [1.807, 2.05) is 11.0 Å². The van der Waals surface area contributed by atoms with Crippen molar-refractivity contribution in [3.05, 3.63) is 23.4 Å². The summed E-state index contributed by atoms with van der Waals surface area (Å²) >= 11 is 0. The first-order valence-corrected chi connectivity index (χ1v) is 7.62. The van der Waals surface area contributed by atoms with Gasteiger partial charge in [-0.05, 0) is 51.7 Å². The molecule has 1 aromatic heterocycles. The van der Waals surface area contributed by atoms with Crippen LogP contribution in [-0.4, -0.2) is 27.9 Å². The minimum Gasteiger partial charge on any atom is -0.384 e. The fraction of sp³-hybridized carbons (Fsp3) is 0.625. The Labute approximate surface area is 121 Å². The zero-order valence-electron chi connectivity index (χ0n) is 12.7. The smallest absolute Gasteiger partial charge is 0.254 e. The molecule has 20 heavy (non-hydrogen) atoms. The van der Waals surface area contributed by atoms with E-state index in [4.69, 9.17) is 5.73 Å². The molecule has 0 aromatic carbocycles. The van der Waals surface area contributed by atoms with Crippen molar-refractivity contribution in [1.82, 2.24) is 9.88 Å². The highest BCUT2D eigenvalue weighted by molar-refractivity contribution is 5.95. The molecule has 4 nitrogen and oxygen atoms in total. The van der Waals surface area contributed by atoms with E-state index in [1.165, 1.54) is 6.42 Å². The van der Waals surface area contributed by atoms with Gasteiger partial charge in [0.2, 0.25) is 0 Å². The second kappa shape index (κ2) is 6.25. The van der Waals surface area contributed by atoms with E-state index in [1.54, 1.807) is 6.07 Å². The number of hydrogen-bond acceptors (Lipinski definition) is 3. The van der Waals surface area contributed by atoms with Crippen LogP contribution >= 0.6 is 0 Å². The highest BCUT2D eigenvalue weighted by Crippen LogP contribution is 2.25. The lowest BCUT2D eigenvalue weighted by atomic mass is 9.96. The van der Waals surface area contributed by atoms with Crippen LogP contribution in [0.3, 0.4) is 0 Å². The maximum atomic E-state index is 12.8. The molecule has 0 spiro atoms. The van der Waals surface area contributed by atoms with Gasteiger partial charge in [0.15, 0.2) is 0 Å². The van der Waals surface area contributed by atoms with Crippen LogP contribution in [0, 0.1) is 0 Å². The molecule has 1 aliphatic heterocycles. The average molecular weight is 275 g/mol. The van der Waals surface area contributed by atoms with Crippen LogP contribution in [0.25, 0.3) is 0 Å². The second-order valence-electron chi connectivity index (χ2n) is 5.86. The van der Waals surface area contributed by atoms with Crippen LogP contribution in [0.2, 0.25) is 0 Å². The Bertz CT molecular complexity index is 477. The SMILES string of the molecule is CCCc1cc(C(=O)N2C(C)CCCC2C)cc(N)n1. The molecule has 0 saturated carbocycles. The Balaban J connectivity index is 2.27. The Morgan fingerprint density at radius 1 is 1.35 bits per heavy atom. The van der Waals surface area contributed by atoms with Gasteiger partial charge in [0, 0.05) is 23.3 Å². The molecule has 1 aromatic rings. The molecule has 0 bridgehead atoms. The number of pyridine rings is 1. The van der Waals surface area contributed by atoms with Crippen molar-refractivity contribution in [3.63, 3.8) is 0 Å². The lowest BCUT2D eigenvalue weighted by molar-refractivity contribution is 0.0510. The largest absolute Gasteiger partial charge is 0.384 e. The molecule has 1 aliphatic rings. The normalized spacial score (nSPS) is 22.9. The fourth-order valence-corrected chi connectivity index (χ4v) is 3.09. The highest BCUT2D eigenvalue weighted by Gasteiger charge is 2.29. The summed E-state index contributed by atoms with van der Waals surface area (Å²) in [4.78, 5) is 19.1. The van der Waals surface area contributed by atoms with Crippen molar-refractivity contribution in [3.8, 4) is 0 Å². The molecule has 4 heteroatoms. The predicted octanol–water partition coefficient (Wildman–Crippen LogP) is 3.02. The number of hydrogen-bond donors (Lipinski definition) is 1. The number of nitrogens with two attached hydrogens (primary N) is 1. The zero-order valence-corrected chi connectivity index (χ0v) is 12.7. The van der Waals surface area contributed by atoms with E-state index in [0.717, 1.165) is 31.4 Å². The quantitative estimate of drug-likeness (QED) is 0.922. The predicted molar refractivity (Wildman–Crippen MR) is 81.6 cm³/mol. The molecule has 2 N–H and O–H groups in total. The van der Waals surface area contributed by atoms with Gasteiger partial charge in [-0.25, -0.2) is 4.98 Å². The van der Waals surface area contributed by atoms with E-state index in [0.29, 0.717) is 23.5 Å². The summed E-state index contributed by atoms with van der Waals surface area (Å²) in [7, 11) is 0. The zero-order chi connectivity index (χ0) is 14.7. The molecule has 0 aliphatic carbocycles. The molecule has 2 unspecified atom stereocenters. The van der Waals surface area contributed by atoms with Crippen LogP contribution in [0.4, 0.5) is 5.82 Å². The van der Waals surface area contributed by atoms with Gasteiger partial charge in [0.05, 0.1) is 0 Å². The number of nitrogen functional groups attached to an aromatic ring is 1. The number of aryl methyl sites for hydroxylation is 1. The van der Waals surface area contributed by atoms with Crippen molar-refractivity contribution in [2.24, 2.45) is 0 Å². The first kappa shape index (κ1) is 14.8. The molecule has 1 amide bonds. The van der Waals surface area contributed by atoms with Crippen molar-refractivity contribution >= 4 is 11.7 Å². The van der Waals surface area contributed by atoms with Gasteiger partial charge >= 0.3 is 0 Å². The lowest BCUT2D eigenvalue weighted by Crippen LogP contribution is -2.47. The van der Waals surface area contributed by atoms with Crippen LogP contribution in [0.15, 0.2) is 12.1 Å². The van der Waals surface area contributed by atoms with Crippen molar-refractivity contribution in [2.45, 2.75) is 65.0 Å². The minimum absolute atomic E-state index is 0.0937. The third-order valence-electron chi connectivity index (χ3n) is 4.08. The molecule has 1 saturated heterocycles. The summed E-state index contributed by atoms with van der Waals surface area (Å²) in [6.07, 6.45) is 5.22. The molecular weight excluding hydrogens is 250 g/mol. The number of piperidine rings is 1. The Morgan fingerprint density at radius 2 is 2.00 bits per heavy atom. The van der Waals surface area contributed by atoms with Crippen molar-refractivity contribution in [1.29, 1.82) is 0 Å². The number of carbonyl (C=O) groups is 1. The minimum atomic E-state index is 0.0937. The van der Waals surface area contributed by atoms with Gasteiger partial charge in [0.25, 0.3) is 5.91 Å². The summed E-state index contributed by atoms with van der Waals surface area (Å²) in [5.74, 6) is 0.535. The van der Waals surface area contributed by atoms with Crippen molar-refractivity contribution < 1.29 is 4.79 Å². The summed E-state index contributed by atoms with van der Waals surface area (Å²) in [6.45, 7) is 6.36. The summed E-state index contributed by atoms with van der Waals surface area (Å²) < 4.78 is 0. The van der Waals surface area contributed by atoms with E-state index in [-0.39, 0.29) is 5.91 Å². The molecule has 2 rings (SSSR count). The van der Waals surface area contributed by atoms with Gasteiger partial charge < -0.3 is 10.6 Å². The highest BCUT2D eigenvalue weighted by atomic mass is 16.2. The van der Waals surface area contributed by atoms with Gasteiger partial charge in [0.1, 0.15) is 5.82 Å². The molecule has 2 heterocycles. The van der Waals surface area contributed by atoms with Gasteiger partial charge in [-0.15, -0.1) is 0 Å². The molecule has 110 valence electrons. The van der Waals surface area contributed by atoms with E-state index in [9.17, 15) is 4.79 Å². The first-order valence-electron chi connectivity index (χ1n) is 7.62. The number of anilines is 1. The van der Waals surface area contributed by atoms with Crippen LogP contribution < -0.4 is 5.73 Å². The summed E-state index contributed by atoms with van der Waals surface area (Å²) in [5, 5.41) is 0. The van der Waals surface area contributed by atoms with E-state index < -0.39 is 0 Å². The molecule has 1 fully saturated rings. The third kappa shape index (κ3) is 3.11. The third-order valence-corrected chi connectivity index (χ3v) is 4.08. The van der Waals surface area contributed by atoms with Crippen LogP contribution in [0.5, 0.6) is 0 Å². The molecule has 2 atom stereocenters. The van der Waals surface area contributed by atoms with Crippen molar-refractivity contribution in [2.75, 3.05) is 5.73 Å². The summed E-state index contributed by atoms with van der Waals surface area (Å²) in [6, 6.07) is 4.21. The Morgan fingerprint density at radius 3 is 2.60 bits per heavy atom. The maximum absolute atomic E-state index is 12.8. The average Bonchev–Trinajstić information content (AvgIpc) is 2.38. The number of amides is 1. The number of nitrogens with zero attached hydrogens (tertiary/aromatic N) is 2. The van der Waals surface area contributed by atoms with Crippen LogP contribution in [0.1, 0.15) is 62.5 Å². The van der Waals surface area contributed by atoms with E-state index >= 15 is 0 Å². The first-order chi connectivity index (χ1) is 9.52. The number of aromatic nitrogens is 1. The summed E-state index contributed by atoms with van der Waals surface area (Å²) in [5.41, 5.74) is 7.44. The lowest BCUT2D eigenvalue weighted by Gasteiger charge is -2.39. The van der Waals surface area contributed by atoms with Gasteiger partial charge in [-0.3, -0.25) is 4.79 Å². The topological polar surface area (TPSA) is 59.2 Å². The number of rotatable bonds is 3. The maximum Gasteiger partial charge on any atom is 0.254 e. The number of carbonyl (C=O) groups excluding carboxylic acids is 1.